The lowest BCUT2D eigenvalue weighted by atomic mass is 10.2. The van der Waals surface area contributed by atoms with Crippen LogP contribution >= 0.6 is 0 Å². The van der Waals surface area contributed by atoms with Crippen LogP contribution in [0.2, 0.25) is 0 Å². The maximum Gasteiger partial charge on any atom is 0.151 e. The molecule has 0 heterocycles. The Hall–Kier alpha value is -1.23. The number of nitrogens with zero attached hydrogens (tertiary/aromatic N) is 1. The third-order valence-corrected chi connectivity index (χ3v) is 4.17. The van der Waals surface area contributed by atoms with E-state index in [4.69, 9.17) is 5.73 Å². The minimum atomic E-state index is -2.91. The van der Waals surface area contributed by atoms with Crippen LogP contribution in [0.25, 0.3) is 0 Å². The topological polar surface area (TPSA) is 63.4 Å². The predicted molar refractivity (Wildman–Crippen MR) is 68.5 cm³/mol. The van der Waals surface area contributed by atoms with E-state index in [1.165, 1.54) is 0 Å². The highest BCUT2D eigenvalue weighted by atomic mass is 32.2. The van der Waals surface area contributed by atoms with E-state index in [-0.39, 0.29) is 11.5 Å². The Kier molecular flexibility index (Phi) is 4.18. The fraction of sp³-hybridized carbons (Fsp3) is 0.455. The van der Waals surface area contributed by atoms with Gasteiger partial charge in [0.15, 0.2) is 9.84 Å². The summed E-state index contributed by atoms with van der Waals surface area (Å²) in [7, 11) is -1.04. The molecule has 1 aromatic rings. The van der Waals surface area contributed by atoms with Gasteiger partial charge in [-0.1, -0.05) is 13.0 Å². The maximum absolute atomic E-state index is 11.4. The van der Waals surface area contributed by atoms with Gasteiger partial charge in [0.1, 0.15) is 0 Å². The zero-order valence-electron chi connectivity index (χ0n) is 9.68. The number of rotatable bonds is 5. The second kappa shape index (κ2) is 5.21. The minimum absolute atomic E-state index is 0.175. The first kappa shape index (κ1) is 12.8. The van der Waals surface area contributed by atoms with Gasteiger partial charge < -0.3 is 10.6 Å². The zero-order valence-corrected chi connectivity index (χ0v) is 10.5. The van der Waals surface area contributed by atoms with E-state index in [2.05, 4.69) is 0 Å². The van der Waals surface area contributed by atoms with Gasteiger partial charge in [-0.2, -0.15) is 0 Å². The highest BCUT2D eigenvalue weighted by Crippen LogP contribution is 2.15. The van der Waals surface area contributed by atoms with Crippen LogP contribution < -0.4 is 10.6 Å². The largest absolute Gasteiger partial charge is 0.399 e. The molecule has 2 N–H and O–H groups in total. The van der Waals surface area contributed by atoms with Crippen molar-refractivity contribution < 1.29 is 8.42 Å². The molecule has 1 aromatic carbocycles. The average Bonchev–Trinajstić information content (AvgIpc) is 2.26. The van der Waals surface area contributed by atoms with E-state index in [0.29, 0.717) is 12.2 Å². The van der Waals surface area contributed by atoms with Crippen molar-refractivity contribution in [1.29, 1.82) is 0 Å². The third kappa shape index (κ3) is 3.73. The van der Waals surface area contributed by atoms with Crippen LogP contribution in [-0.4, -0.2) is 33.5 Å². The van der Waals surface area contributed by atoms with Gasteiger partial charge in [-0.3, -0.25) is 0 Å². The van der Waals surface area contributed by atoms with Gasteiger partial charge in [0.05, 0.1) is 5.75 Å². The molecule has 0 saturated heterocycles. The maximum atomic E-state index is 11.4. The molecule has 0 bridgehead atoms. The van der Waals surface area contributed by atoms with Crippen molar-refractivity contribution >= 4 is 21.2 Å². The van der Waals surface area contributed by atoms with Crippen LogP contribution in [0.5, 0.6) is 0 Å². The molecule has 90 valence electrons. The first-order valence-corrected chi connectivity index (χ1v) is 7.04. The molecule has 0 spiro atoms. The van der Waals surface area contributed by atoms with Crippen molar-refractivity contribution in [2.75, 3.05) is 35.7 Å². The van der Waals surface area contributed by atoms with E-state index < -0.39 is 9.84 Å². The van der Waals surface area contributed by atoms with Gasteiger partial charge in [-0.05, 0) is 18.2 Å². The van der Waals surface area contributed by atoms with Gasteiger partial charge in [-0.15, -0.1) is 0 Å². The normalized spacial score (nSPS) is 11.4. The molecule has 0 amide bonds. The Morgan fingerprint density at radius 3 is 2.62 bits per heavy atom. The number of nitrogens with two attached hydrogens (primary N) is 1. The molecular formula is C11H18N2O2S. The van der Waals surface area contributed by atoms with E-state index in [9.17, 15) is 8.42 Å². The molecule has 0 atom stereocenters. The Morgan fingerprint density at radius 1 is 1.38 bits per heavy atom. The molecule has 0 aliphatic carbocycles. The smallest absolute Gasteiger partial charge is 0.151 e. The lowest BCUT2D eigenvalue weighted by Crippen LogP contribution is -2.26. The van der Waals surface area contributed by atoms with Gasteiger partial charge in [-0.25, -0.2) is 8.42 Å². The van der Waals surface area contributed by atoms with Crippen molar-refractivity contribution in [1.82, 2.24) is 0 Å². The summed E-state index contributed by atoms with van der Waals surface area (Å²) < 4.78 is 22.7. The van der Waals surface area contributed by atoms with Crippen molar-refractivity contribution in [3.05, 3.63) is 24.3 Å². The van der Waals surface area contributed by atoms with Crippen LogP contribution in [0.1, 0.15) is 6.92 Å². The molecule has 0 aromatic heterocycles. The molecule has 4 nitrogen and oxygen atoms in total. The third-order valence-electron chi connectivity index (χ3n) is 2.49. The summed E-state index contributed by atoms with van der Waals surface area (Å²) in [4.78, 5) is 1.89. The number of anilines is 2. The van der Waals surface area contributed by atoms with Crippen LogP contribution in [0, 0.1) is 0 Å². The summed E-state index contributed by atoms with van der Waals surface area (Å²) in [6.45, 7) is 2.15. The molecule has 0 fully saturated rings. The molecule has 16 heavy (non-hydrogen) atoms. The molecule has 5 heteroatoms. The monoisotopic (exact) mass is 242 g/mol. The molecule has 0 saturated carbocycles. The average molecular weight is 242 g/mol. The van der Waals surface area contributed by atoms with Crippen molar-refractivity contribution in [2.45, 2.75) is 6.92 Å². The number of hydrogen-bond acceptors (Lipinski definition) is 4. The molecular weight excluding hydrogens is 224 g/mol. The standard InChI is InChI=1S/C11H18N2O2S/c1-3-16(14,15)8-7-13(2)11-6-4-5-10(12)9-11/h4-6,9H,3,7-8,12H2,1-2H3. The molecule has 0 aliphatic rings. The highest BCUT2D eigenvalue weighted by molar-refractivity contribution is 7.91. The van der Waals surface area contributed by atoms with E-state index in [1.54, 1.807) is 13.0 Å². The molecule has 0 unspecified atom stereocenters. The van der Waals surface area contributed by atoms with Gasteiger partial charge in [0, 0.05) is 30.7 Å². The van der Waals surface area contributed by atoms with Crippen LogP contribution in [0.4, 0.5) is 11.4 Å². The fourth-order valence-corrected chi connectivity index (χ4v) is 2.15. The molecule has 1 rings (SSSR count). The first-order valence-electron chi connectivity index (χ1n) is 5.21. The van der Waals surface area contributed by atoms with Crippen molar-refractivity contribution in [2.24, 2.45) is 0 Å². The first-order chi connectivity index (χ1) is 7.44. The Balaban J connectivity index is 2.63. The summed E-state index contributed by atoms with van der Waals surface area (Å²) in [5, 5.41) is 0. The zero-order chi connectivity index (χ0) is 12.2. The SMILES string of the molecule is CCS(=O)(=O)CCN(C)c1cccc(N)c1. The van der Waals surface area contributed by atoms with Crippen molar-refractivity contribution in [3.63, 3.8) is 0 Å². The summed E-state index contributed by atoms with van der Waals surface area (Å²) in [6.07, 6.45) is 0. The second-order valence-electron chi connectivity index (χ2n) is 3.75. The quantitative estimate of drug-likeness (QED) is 0.786. The Morgan fingerprint density at radius 2 is 2.06 bits per heavy atom. The summed E-state index contributed by atoms with van der Waals surface area (Å²) in [6, 6.07) is 7.41. The lowest BCUT2D eigenvalue weighted by molar-refractivity contribution is 0.596. The Bertz CT molecular complexity index is 443. The highest BCUT2D eigenvalue weighted by Gasteiger charge is 2.09. The number of benzene rings is 1. The van der Waals surface area contributed by atoms with E-state index in [1.807, 2.05) is 30.1 Å². The number of nitrogen functional groups attached to an aromatic ring is 1. The van der Waals surface area contributed by atoms with Crippen molar-refractivity contribution in [3.8, 4) is 0 Å². The van der Waals surface area contributed by atoms with Crippen LogP contribution in [-0.2, 0) is 9.84 Å². The van der Waals surface area contributed by atoms with Crippen LogP contribution in [0.3, 0.4) is 0 Å². The number of sulfone groups is 1. The van der Waals surface area contributed by atoms with E-state index >= 15 is 0 Å². The second-order valence-corrected chi connectivity index (χ2v) is 6.23. The predicted octanol–water partition coefficient (Wildman–Crippen LogP) is 1.14. The van der Waals surface area contributed by atoms with Crippen LogP contribution in [0.15, 0.2) is 24.3 Å². The number of hydrogen-bond donors (Lipinski definition) is 1. The fourth-order valence-electron chi connectivity index (χ4n) is 1.31. The van der Waals surface area contributed by atoms with Gasteiger partial charge in [0.2, 0.25) is 0 Å². The lowest BCUT2D eigenvalue weighted by Gasteiger charge is -2.19. The summed E-state index contributed by atoms with van der Waals surface area (Å²) in [5.74, 6) is 0.368. The summed E-state index contributed by atoms with van der Waals surface area (Å²) >= 11 is 0. The van der Waals surface area contributed by atoms with Gasteiger partial charge >= 0.3 is 0 Å². The van der Waals surface area contributed by atoms with Gasteiger partial charge in [0.25, 0.3) is 0 Å². The summed E-state index contributed by atoms with van der Waals surface area (Å²) in [5.41, 5.74) is 7.28. The van der Waals surface area contributed by atoms with E-state index in [0.717, 1.165) is 5.69 Å². The minimum Gasteiger partial charge on any atom is -0.399 e. The molecule has 0 aliphatic heterocycles. The Labute approximate surface area is 97.0 Å². The molecule has 0 radical (unpaired) electrons.